The Balaban J connectivity index is 2.43. The average Bonchev–Trinajstić information content (AvgIpc) is 2.97. The Kier molecular flexibility index (Phi) is 4.45. The van der Waals surface area contributed by atoms with Crippen LogP contribution in [0.4, 0.5) is 5.69 Å². The molecule has 0 atom stereocenters. The van der Waals surface area contributed by atoms with Crippen molar-refractivity contribution in [1.82, 2.24) is 14.8 Å². The third-order valence-corrected chi connectivity index (χ3v) is 3.29. The van der Waals surface area contributed by atoms with E-state index in [1.54, 1.807) is 6.33 Å². The van der Waals surface area contributed by atoms with Crippen LogP contribution in [0.1, 0.15) is 26.3 Å². The van der Waals surface area contributed by atoms with Crippen molar-refractivity contribution >= 4 is 23.2 Å². The Morgan fingerprint density at radius 2 is 1.82 bits per heavy atom. The molecule has 0 unspecified atom stereocenters. The molecule has 0 N–H and O–H groups in total. The smallest absolute Gasteiger partial charge is 0.186 e. The SMILES string of the molecule is CN(C)c1ccc(/C=C(/C(=O)C(C)(C)C)n2cncn2)cc1. The molecule has 0 radical (unpaired) electrons. The summed E-state index contributed by atoms with van der Waals surface area (Å²) < 4.78 is 1.52. The zero-order valence-corrected chi connectivity index (χ0v) is 13.7. The summed E-state index contributed by atoms with van der Waals surface area (Å²) in [7, 11) is 3.99. The van der Waals surface area contributed by atoms with E-state index in [0.29, 0.717) is 5.70 Å². The van der Waals surface area contributed by atoms with Crippen molar-refractivity contribution in [1.29, 1.82) is 0 Å². The molecule has 0 saturated heterocycles. The molecular weight excluding hydrogens is 276 g/mol. The largest absolute Gasteiger partial charge is 0.378 e. The van der Waals surface area contributed by atoms with Crippen LogP contribution in [0.5, 0.6) is 0 Å². The van der Waals surface area contributed by atoms with Gasteiger partial charge < -0.3 is 4.90 Å². The molecular formula is C17H22N4O. The highest BCUT2D eigenvalue weighted by atomic mass is 16.1. The van der Waals surface area contributed by atoms with E-state index < -0.39 is 5.41 Å². The van der Waals surface area contributed by atoms with Gasteiger partial charge in [-0.05, 0) is 23.8 Å². The highest BCUT2D eigenvalue weighted by Crippen LogP contribution is 2.24. The van der Waals surface area contributed by atoms with Crippen LogP contribution in [0.2, 0.25) is 0 Å². The minimum Gasteiger partial charge on any atom is -0.378 e. The van der Waals surface area contributed by atoms with Gasteiger partial charge in [0.25, 0.3) is 0 Å². The molecule has 1 aromatic carbocycles. The van der Waals surface area contributed by atoms with E-state index in [9.17, 15) is 4.79 Å². The number of nitrogens with zero attached hydrogens (tertiary/aromatic N) is 4. The number of benzene rings is 1. The zero-order valence-electron chi connectivity index (χ0n) is 13.7. The van der Waals surface area contributed by atoms with Gasteiger partial charge >= 0.3 is 0 Å². The lowest BCUT2D eigenvalue weighted by Gasteiger charge is -2.19. The molecule has 2 aromatic rings. The minimum atomic E-state index is -0.485. The molecule has 2 rings (SSSR count). The first-order chi connectivity index (χ1) is 10.3. The molecule has 0 saturated carbocycles. The third-order valence-electron chi connectivity index (χ3n) is 3.29. The Labute approximate surface area is 131 Å². The highest BCUT2D eigenvalue weighted by molar-refractivity contribution is 6.21. The highest BCUT2D eigenvalue weighted by Gasteiger charge is 2.26. The van der Waals surface area contributed by atoms with Gasteiger partial charge in [0.2, 0.25) is 0 Å². The Bertz CT molecular complexity index is 662. The van der Waals surface area contributed by atoms with Crippen LogP contribution in [0.3, 0.4) is 0 Å². The van der Waals surface area contributed by atoms with Crippen LogP contribution in [-0.2, 0) is 4.79 Å². The quantitative estimate of drug-likeness (QED) is 0.814. The molecule has 116 valence electrons. The summed E-state index contributed by atoms with van der Waals surface area (Å²) in [6.45, 7) is 5.69. The summed E-state index contributed by atoms with van der Waals surface area (Å²) in [5.74, 6) is 0.0229. The molecule has 0 aliphatic heterocycles. The van der Waals surface area contributed by atoms with Gasteiger partial charge in [0.1, 0.15) is 18.4 Å². The number of rotatable bonds is 4. The number of hydrogen-bond acceptors (Lipinski definition) is 4. The molecule has 0 amide bonds. The standard InChI is InChI=1S/C17H22N4O/c1-17(2,3)16(22)15(21-12-18-11-19-21)10-13-6-8-14(9-7-13)20(4)5/h6-12H,1-5H3/b15-10-. The summed E-state index contributed by atoms with van der Waals surface area (Å²) in [6, 6.07) is 8.02. The second-order valence-corrected chi connectivity index (χ2v) is 6.43. The van der Waals surface area contributed by atoms with Crippen molar-refractivity contribution in [2.45, 2.75) is 20.8 Å². The van der Waals surface area contributed by atoms with E-state index in [1.165, 1.54) is 11.0 Å². The fourth-order valence-electron chi connectivity index (χ4n) is 1.98. The van der Waals surface area contributed by atoms with E-state index >= 15 is 0 Å². The van der Waals surface area contributed by atoms with E-state index in [-0.39, 0.29) is 5.78 Å². The minimum absolute atomic E-state index is 0.0229. The summed E-state index contributed by atoms with van der Waals surface area (Å²) >= 11 is 0. The number of carbonyl (C=O) groups is 1. The van der Waals surface area contributed by atoms with E-state index in [2.05, 4.69) is 10.1 Å². The first kappa shape index (κ1) is 15.9. The second-order valence-electron chi connectivity index (χ2n) is 6.43. The van der Waals surface area contributed by atoms with Crippen LogP contribution >= 0.6 is 0 Å². The van der Waals surface area contributed by atoms with Crippen molar-refractivity contribution in [2.24, 2.45) is 5.41 Å². The average molecular weight is 298 g/mol. The summed E-state index contributed by atoms with van der Waals surface area (Å²) in [6.07, 6.45) is 4.82. The Hall–Kier alpha value is -2.43. The lowest BCUT2D eigenvalue weighted by Crippen LogP contribution is -2.24. The fourth-order valence-corrected chi connectivity index (χ4v) is 1.98. The number of aromatic nitrogens is 3. The maximum atomic E-state index is 12.7. The van der Waals surface area contributed by atoms with Crippen molar-refractivity contribution in [3.05, 3.63) is 42.5 Å². The summed E-state index contributed by atoms with van der Waals surface area (Å²) in [4.78, 5) is 18.7. The van der Waals surface area contributed by atoms with Gasteiger partial charge in [0.15, 0.2) is 5.78 Å². The Morgan fingerprint density at radius 1 is 1.18 bits per heavy atom. The van der Waals surface area contributed by atoms with E-state index in [1.807, 2.05) is 70.1 Å². The molecule has 0 bridgehead atoms. The molecule has 22 heavy (non-hydrogen) atoms. The lowest BCUT2D eigenvalue weighted by molar-refractivity contribution is -0.120. The second kappa shape index (κ2) is 6.13. The third kappa shape index (κ3) is 3.61. The number of Topliss-reactive ketones (excluding diaryl/α,β-unsaturated/α-hetero) is 1. The Morgan fingerprint density at radius 3 is 2.27 bits per heavy atom. The van der Waals surface area contributed by atoms with E-state index in [0.717, 1.165) is 11.3 Å². The van der Waals surface area contributed by atoms with Gasteiger partial charge in [-0.25, -0.2) is 9.67 Å². The fraction of sp³-hybridized carbons (Fsp3) is 0.353. The molecule has 5 heteroatoms. The molecule has 0 fully saturated rings. The first-order valence-electron chi connectivity index (χ1n) is 7.18. The number of carbonyl (C=O) groups excluding carboxylic acids is 1. The molecule has 0 aliphatic rings. The maximum absolute atomic E-state index is 12.7. The number of hydrogen-bond donors (Lipinski definition) is 0. The van der Waals surface area contributed by atoms with Crippen LogP contribution in [0.15, 0.2) is 36.9 Å². The monoisotopic (exact) mass is 298 g/mol. The summed E-state index contributed by atoms with van der Waals surface area (Å²) in [5.41, 5.74) is 2.10. The van der Waals surface area contributed by atoms with Gasteiger partial charge in [-0.15, -0.1) is 0 Å². The predicted molar refractivity (Wildman–Crippen MR) is 89.4 cm³/mol. The van der Waals surface area contributed by atoms with Crippen LogP contribution in [0, 0.1) is 5.41 Å². The van der Waals surface area contributed by atoms with Crippen molar-refractivity contribution in [2.75, 3.05) is 19.0 Å². The molecule has 0 spiro atoms. The molecule has 1 heterocycles. The van der Waals surface area contributed by atoms with Crippen molar-refractivity contribution < 1.29 is 4.79 Å². The van der Waals surface area contributed by atoms with Gasteiger partial charge in [0.05, 0.1) is 0 Å². The maximum Gasteiger partial charge on any atom is 0.186 e. The number of allylic oxidation sites excluding steroid dienone is 1. The summed E-state index contributed by atoms with van der Waals surface area (Å²) in [5, 5.41) is 4.10. The van der Waals surface area contributed by atoms with Gasteiger partial charge in [-0.2, -0.15) is 5.10 Å². The van der Waals surface area contributed by atoms with Gasteiger partial charge in [-0.1, -0.05) is 32.9 Å². The van der Waals surface area contributed by atoms with Gasteiger partial charge in [0, 0.05) is 25.2 Å². The lowest BCUT2D eigenvalue weighted by atomic mass is 9.88. The van der Waals surface area contributed by atoms with E-state index in [4.69, 9.17) is 0 Å². The molecule has 5 nitrogen and oxygen atoms in total. The zero-order chi connectivity index (χ0) is 16.3. The van der Waals surface area contributed by atoms with Crippen molar-refractivity contribution in [3.63, 3.8) is 0 Å². The predicted octanol–water partition coefficient (Wildman–Crippen LogP) is 2.96. The van der Waals surface area contributed by atoms with Gasteiger partial charge in [-0.3, -0.25) is 4.79 Å². The van der Waals surface area contributed by atoms with Crippen molar-refractivity contribution in [3.8, 4) is 0 Å². The number of anilines is 1. The van der Waals surface area contributed by atoms with Crippen LogP contribution < -0.4 is 4.90 Å². The van der Waals surface area contributed by atoms with Crippen LogP contribution in [0.25, 0.3) is 11.8 Å². The van der Waals surface area contributed by atoms with Crippen LogP contribution in [-0.4, -0.2) is 34.6 Å². The number of ketones is 1. The topological polar surface area (TPSA) is 51.0 Å². The molecule has 1 aromatic heterocycles. The molecule has 0 aliphatic carbocycles. The normalized spacial score (nSPS) is 12.3. The first-order valence-corrected chi connectivity index (χ1v) is 7.18.